The van der Waals surface area contributed by atoms with Crippen LogP contribution in [-0.2, 0) is 9.84 Å². The van der Waals surface area contributed by atoms with Gasteiger partial charge in [0.2, 0.25) is 0 Å². The molecule has 0 atom stereocenters. The van der Waals surface area contributed by atoms with E-state index in [0.717, 1.165) is 37.6 Å². The van der Waals surface area contributed by atoms with Crippen LogP contribution in [0.3, 0.4) is 0 Å². The lowest BCUT2D eigenvalue weighted by Crippen LogP contribution is -2.48. The first-order valence-electron chi connectivity index (χ1n) is 8.42. The van der Waals surface area contributed by atoms with Crippen molar-refractivity contribution in [3.8, 4) is 5.75 Å². The van der Waals surface area contributed by atoms with Crippen LogP contribution in [0.2, 0.25) is 0 Å². The van der Waals surface area contributed by atoms with Gasteiger partial charge in [-0.2, -0.15) is 0 Å². The third-order valence-electron chi connectivity index (χ3n) is 4.14. The van der Waals surface area contributed by atoms with Crippen LogP contribution in [0.5, 0.6) is 5.75 Å². The van der Waals surface area contributed by atoms with E-state index in [1.54, 1.807) is 14.0 Å². The number of nitrogens with zero attached hydrogens (tertiary/aromatic N) is 2. The summed E-state index contributed by atoms with van der Waals surface area (Å²) in [5.41, 5.74) is 0. The molecule has 1 heterocycles. The summed E-state index contributed by atoms with van der Waals surface area (Å²) >= 11 is 0. The molecule has 134 valence electrons. The second-order valence-corrected chi connectivity index (χ2v) is 8.30. The Bertz CT molecular complexity index is 624. The Morgan fingerprint density at radius 3 is 2.54 bits per heavy atom. The zero-order valence-electron chi connectivity index (χ0n) is 14.4. The molecule has 0 bridgehead atoms. The fourth-order valence-corrected chi connectivity index (χ4v) is 3.37. The number of hydrogen-bond donors (Lipinski definition) is 1. The molecular weight excluding hydrogens is 326 g/mol. The first kappa shape index (κ1) is 18.6. The Labute approximate surface area is 144 Å². The number of sulfone groups is 1. The quantitative estimate of drug-likeness (QED) is 0.620. The van der Waals surface area contributed by atoms with E-state index in [9.17, 15) is 8.42 Å². The third-order valence-corrected chi connectivity index (χ3v) is 5.84. The largest absolute Gasteiger partial charge is 0.490 e. The smallest absolute Gasteiger partial charge is 0.193 e. The SMILES string of the molecule is CCS(=O)(=O)CCNC(=NC)N1CCC(Oc2ccccc2)CC1. The molecule has 1 aliphatic rings. The van der Waals surface area contributed by atoms with Crippen molar-refractivity contribution < 1.29 is 13.2 Å². The predicted octanol–water partition coefficient (Wildman–Crippen LogP) is 1.54. The number of benzene rings is 1. The van der Waals surface area contributed by atoms with Crippen molar-refractivity contribution in [1.82, 2.24) is 10.2 Å². The van der Waals surface area contributed by atoms with Gasteiger partial charge in [0.25, 0.3) is 0 Å². The van der Waals surface area contributed by atoms with Gasteiger partial charge in [-0.1, -0.05) is 25.1 Å². The molecule has 1 aromatic rings. The van der Waals surface area contributed by atoms with E-state index in [1.165, 1.54) is 0 Å². The Morgan fingerprint density at radius 1 is 1.29 bits per heavy atom. The Morgan fingerprint density at radius 2 is 1.96 bits per heavy atom. The zero-order valence-corrected chi connectivity index (χ0v) is 15.3. The maximum absolute atomic E-state index is 11.6. The molecule has 0 aromatic heterocycles. The van der Waals surface area contributed by atoms with Crippen molar-refractivity contribution >= 4 is 15.8 Å². The highest BCUT2D eigenvalue weighted by Crippen LogP contribution is 2.18. The normalized spacial score (nSPS) is 16.9. The van der Waals surface area contributed by atoms with E-state index < -0.39 is 9.84 Å². The van der Waals surface area contributed by atoms with Crippen LogP contribution in [0.4, 0.5) is 0 Å². The average molecular weight is 353 g/mol. The monoisotopic (exact) mass is 353 g/mol. The maximum atomic E-state index is 11.6. The Kier molecular flexibility index (Phi) is 6.90. The summed E-state index contributed by atoms with van der Waals surface area (Å²) in [5.74, 6) is 1.98. The van der Waals surface area contributed by atoms with E-state index in [-0.39, 0.29) is 17.6 Å². The minimum Gasteiger partial charge on any atom is -0.490 e. The summed E-state index contributed by atoms with van der Waals surface area (Å²) in [6, 6.07) is 9.87. The van der Waals surface area contributed by atoms with Gasteiger partial charge in [0.15, 0.2) is 15.8 Å². The van der Waals surface area contributed by atoms with Crippen LogP contribution in [0.1, 0.15) is 19.8 Å². The highest BCUT2D eigenvalue weighted by Gasteiger charge is 2.22. The van der Waals surface area contributed by atoms with Crippen LogP contribution in [0.15, 0.2) is 35.3 Å². The third kappa shape index (κ3) is 5.70. The van der Waals surface area contributed by atoms with Crippen LogP contribution < -0.4 is 10.1 Å². The molecule has 1 aromatic carbocycles. The number of guanidine groups is 1. The van der Waals surface area contributed by atoms with Crippen LogP contribution in [0, 0.1) is 0 Å². The second-order valence-electron chi connectivity index (χ2n) is 5.83. The number of likely N-dealkylation sites (tertiary alicyclic amines) is 1. The van der Waals surface area contributed by atoms with E-state index in [0.29, 0.717) is 6.54 Å². The van der Waals surface area contributed by atoms with E-state index >= 15 is 0 Å². The molecule has 0 unspecified atom stereocenters. The molecule has 0 aliphatic carbocycles. The van der Waals surface area contributed by atoms with Crippen molar-refractivity contribution in [2.45, 2.75) is 25.9 Å². The van der Waals surface area contributed by atoms with Gasteiger partial charge in [0, 0.05) is 45.3 Å². The molecule has 0 radical (unpaired) electrons. The fourth-order valence-electron chi connectivity index (χ4n) is 2.67. The lowest BCUT2D eigenvalue weighted by Gasteiger charge is -2.34. The molecule has 0 saturated carbocycles. The van der Waals surface area contributed by atoms with Crippen molar-refractivity contribution in [2.24, 2.45) is 4.99 Å². The minimum atomic E-state index is -2.95. The summed E-state index contributed by atoms with van der Waals surface area (Å²) < 4.78 is 29.1. The summed E-state index contributed by atoms with van der Waals surface area (Å²) in [5, 5.41) is 3.15. The summed E-state index contributed by atoms with van der Waals surface area (Å²) in [6.45, 7) is 3.75. The molecule has 1 N–H and O–H groups in total. The summed E-state index contributed by atoms with van der Waals surface area (Å²) in [7, 11) is -1.23. The summed E-state index contributed by atoms with van der Waals surface area (Å²) in [4.78, 5) is 6.42. The zero-order chi connectivity index (χ0) is 17.4. The number of rotatable bonds is 6. The molecule has 24 heavy (non-hydrogen) atoms. The molecule has 6 nitrogen and oxygen atoms in total. The lowest BCUT2D eigenvalue weighted by molar-refractivity contribution is 0.129. The van der Waals surface area contributed by atoms with Gasteiger partial charge in [-0.05, 0) is 12.1 Å². The van der Waals surface area contributed by atoms with Crippen molar-refractivity contribution in [1.29, 1.82) is 0 Å². The highest BCUT2D eigenvalue weighted by molar-refractivity contribution is 7.91. The molecule has 2 rings (SSSR count). The van der Waals surface area contributed by atoms with Gasteiger partial charge in [-0.15, -0.1) is 0 Å². The van der Waals surface area contributed by atoms with Gasteiger partial charge in [-0.3, -0.25) is 4.99 Å². The first-order chi connectivity index (χ1) is 11.5. The number of nitrogens with one attached hydrogen (secondary N) is 1. The molecule has 1 aliphatic heterocycles. The Balaban J connectivity index is 1.77. The van der Waals surface area contributed by atoms with Gasteiger partial charge in [0.05, 0.1) is 5.75 Å². The number of piperidine rings is 1. The average Bonchev–Trinajstić information content (AvgIpc) is 2.60. The van der Waals surface area contributed by atoms with Gasteiger partial charge in [0.1, 0.15) is 11.9 Å². The standard InChI is InChI=1S/C17H27N3O3S/c1-3-24(21,22)14-11-19-17(18-2)20-12-9-16(10-13-20)23-15-7-5-4-6-8-15/h4-8,16H,3,9-14H2,1-2H3,(H,18,19). The van der Waals surface area contributed by atoms with E-state index in [2.05, 4.69) is 15.2 Å². The molecular formula is C17H27N3O3S. The second kappa shape index (κ2) is 8.92. The molecule has 1 fully saturated rings. The Hall–Kier alpha value is -1.76. The first-order valence-corrected chi connectivity index (χ1v) is 10.2. The number of hydrogen-bond acceptors (Lipinski definition) is 4. The summed E-state index contributed by atoms with van der Waals surface area (Å²) in [6.07, 6.45) is 2.05. The minimum absolute atomic E-state index is 0.135. The maximum Gasteiger partial charge on any atom is 0.193 e. The van der Waals surface area contributed by atoms with Crippen LogP contribution in [0.25, 0.3) is 0 Å². The van der Waals surface area contributed by atoms with Gasteiger partial charge < -0.3 is 15.0 Å². The van der Waals surface area contributed by atoms with Crippen molar-refractivity contribution in [3.63, 3.8) is 0 Å². The number of ether oxygens (including phenoxy) is 1. The molecule has 0 spiro atoms. The molecule has 7 heteroatoms. The number of para-hydroxylation sites is 1. The van der Waals surface area contributed by atoms with Gasteiger partial charge in [-0.25, -0.2) is 8.42 Å². The van der Waals surface area contributed by atoms with E-state index in [4.69, 9.17) is 4.74 Å². The molecule has 0 amide bonds. The lowest BCUT2D eigenvalue weighted by atomic mass is 10.1. The van der Waals surface area contributed by atoms with Crippen molar-refractivity contribution in [2.75, 3.05) is 38.2 Å². The van der Waals surface area contributed by atoms with Crippen LogP contribution >= 0.6 is 0 Å². The highest BCUT2D eigenvalue weighted by atomic mass is 32.2. The molecule has 1 saturated heterocycles. The van der Waals surface area contributed by atoms with Crippen molar-refractivity contribution in [3.05, 3.63) is 30.3 Å². The topological polar surface area (TPSA) is 71.0 Å². The van der Waals surface area contributed by atoms with E-state index in [1.807, 2.05) is 30.3 Å². The van der Waals surface area contributed by atoms with Crippen LogP contribution in [-0.4, -0.2) is 63.6 Å². The predicted molar refractivity (Wildman–Crippen MR) is 97.4 cm³/mol. The van der Waals surface area contributed by atoms with Gasteiger partial charge >= 0.3 is 0 Å². The number of aliphatic imine (C=N–C) groups is 1. The fraction of sp³-hybridized carbons (Fsp3) is 0.588.